The lowest BCUT2D eigenvalue weighted by molar-refractivity contribution is 0.112. The van der Waals surface area contributed by atoms with Gasteiger partial charge in [-0.3, -0.25) is 0 Å². The van der Waals surface area contributed by atoms with Crippen molar-refractivity contribution in [3.63, 3.8) is 0 Å². The van der Waals surface area contributed by atoms with Crippen molar-refractivity contribution < 1.29 is 9.50 Å². The minimum absolute atomic E-state index is 0.374. The molecule has 0 aliphatic heterocycles. The molecule has 0 fully saturated rings. The number of benzene rings is 3. The Morgan fingerprint density at radius 2 is 1.56 bits per heavy atom. The Bertz CT molecular complexity index is 1050. The van der Waals surface area contributed by atoms with Gasteiger partial charge in [0.25, 0.3) is 0 Å². The largest absolute Gasteiger partial charge is 0.373 e. The molecule has 0 spiro atoms. The van der Waals surface area contributed by atoms with Crippen molar-refractivity contribution in [1.82, 2.24) is 9.55 Å². The molecule has 3 nitrogen and oxygen atoms in total. The summed E-state index contributed by atoms with van der Waals surface area (Å²) >= 11 is 3.25. The summed E-state index contributed by atoms with van der Waals surface area (Å²) in [6.07, 6.45) is 0. The Balaban J connectivity index is 2.07. The zero-order chi connectivity index (χ0) is 19.0. The van der Waals surface area contributed by atoms with Crippen molar-refractivity contribution in [3.05, 3.63) is 100 Å². The number of rotatable bonds is 4. The first-order valence-electron chi connectivity index (χ1n) is 8.75. The van der Waals surface area contributed by atoms with E-state index >= 15 is 0 Å². The summed E-state index contributed by atoms with van der Waals surface area (Å²) in [7, 11) is 0. The SMILES string of the molecule is CCn1c(C(O)(c2ccccc2)c2ccccc2)nc2cc(F)c(Br)cc21. The quantitative estimate of drug-likeness (QED) is 0.486. The highest BCUT2D eigenvalue weighted by Crippen LogP contribution is 2.38. The second-order valence-electron chi connectivity index (χ2n) is 6.38. The molecule has 0 atom stereocenters. The van der Waals surface area contributed by atoms with Gasteiger partial charge in [-0.15, -0.1) is 0 Å². The summed E-state index contributed by atoms with van der Waals surface area (Å²) in [5.74, 6) is 0.0904. The number of halogens is 2. The third kappa shape index (κ3) is 2.87. The van der Waals surface area contributed by atoms with E-state index in [2.05, 4.69) is 20.9 Å². The molecule has 27 heavy (non-hydrogen) atoms. The normalized spacial score (nSPS) is 11.9. The highest BCUT2D eigenvalue weighted by molar-refractivity contribution is 9.10. The van der Waals surface area contributed by atoms with E-state index in [0.717, 1.165) is 5.52 Å². The van der Waals surface area contributed by atoms with Gasteiger partial charge in [0.15, 0.2) is 11.4 Å². The minimum Gasteiger partial charge on any atom is -0.373 e. The molecule has 0 aliphatic carbocycles. The molecule has 0 bridgehead atoms. The molecule has 5 heteroatoms. The number of hydrogen-bond acceptors (Lipinski definition) is 2. The van der Waals surface area contributed by atoms with E-state index in [1.54, 1.807) is 6.07 Å². The first-order valence-corrected chi connectivity index (χ1v) is 9.54. The van der Waals surface area contributed by atoms with Gasteiger partial charge in [-0.05, 0) is 40.0 Å². The molecule has 0 unspecified atom stereocenters. The maximum atomic E-state index is 14.1. The molecule has 3 aromatic carbocycles. The molecule has 0 saturated heterocycles. The van der Waals surface area contributed by atoms with Crippen LogP contribution in [0.2, 0.25) is 0 Å². The number of fused-ring (bicyclic) bond motifs is 1. The van der Waals surface area contributed by atoms with E-state index < -0.39 is 5.60 Å². The van der Waals surface area contributed by atoms with Gasteiger partial charge in [0.2, 0.25) is 0 Å². The maximum Gasteiger partial charge on any atom is 0.173 e. The van der Waals surface area contributed by atoms with Gasteiger partial charge in [0, 0.05) is 12.6 Å². The smallest absolute Gasteiger partial charge is 0.173 e. The van der Waals surface area contributed by atoms with Crippen LogP contribution in [0.5, 0.6) is 0 Å². The van der Waals surface area contributed by atoms with E-state index in [1.807, 2.05) is 72.2 Å². The Labute approximate surface area is 165 Å². The number of imidazole rings is 1. The number of aliphatic hydroxyl groups is 1. The molecule has 4 aromatic rings. The van der Waals surface area contributed by atoms with E-state index in [1.165, 1.54) is 6.07 Å². The predicted molar refractivity (Wildman–Crippen MR) is 108 cm³/mol. The maximum absolute atomic E-state index is 14.1. The number of aryl methyl sites for hydroxylation is 1. The lowest BCUT2D eigenvalue weighted by atomic mass is 9.85. The molecule has 0 saturated carbocycles. The Hall–Kier alpha value is -2.50. The Morgan fingerprint density at radius 3 is 2.07 bits per heavy atom. The zero-order valence-corrected chi connectivity index (χ0v) is 16.3. The summed E-state index contributed by atoms with van der Waals surface area (Å²) in [6.45, 7) is 2.57. The molecule has 0 aliphatic rings. The summed E-state index contributed by atoms with van der Waals surface area (Å²) < 4.78 is 16.4. The highest BCUT2D eigenvalue weighted by Gasteiger charge is 2.38. The van der Waals surface area contributed by atoms with Gasteiger partial charge in [0.05, 0.1) is 15.5 Å². The second kappa shape index (κ2) is 6.91. The first-order chi connectivity index (χ1) is 13.1. The van der Waals surface area contributed by atoms with E-state index in [9.17, 15) is 9.50 Å². The van der Waals surface area contributed by atoms with E-state index in [-0.39, 0.29) is 5.82 Å². The van der Waals surface area contributed by atoms with Crippen molar-refractivity contribution in [2.24, 2.45) is 0 Å². The van der Waals surface area contributed by atoms with E-state index in [0.29, 0.717) is 33.5 Å². The summed E-state index contributed by atoms with van der Waals surface area (Å²) in [4.78, 5) is 4.66. The van der Waals surface area contributed by atoms with Crippen LogP contribution in [0, 0.1) is 5.82 Å². The molecular formula is C22H18BrFN2O. The van der Waals surface area contributed by atoms with Crippen LogP contribution in [0.4, 0.5) is 4.39 Å². The third-order valence-corrected chi connectivity index (χ3v) is 5.42. The van der Waals surface area contributed by atoms with Crippen LogP contribution < -0.4 is 0 Å². The zero-order valence-electron chi connectivity index (χ0n) is 14.7. The van der Waals surface area contributed by atoms with Crippen LogP contribution in [-0.4, -0.2) is 14.7 Å². The molecule has 1 heterocycles. The molecule has 0 amide bonds. The third-order valence-electron chi connectivity index (χ3n) is 4.81. The lowest BCUT2D eigenvalue weighted by Gasteiger charge is -2.29. The molecule has 0 radical (unpaired) electrons. The number of aromatic nitrogens is 2. The van der Waals surface area contributed by atoms with Crippen LogP contribution in [0.25, 0.3) is 11.0 Å². The second-order valence-corrected chi connectivity index (χ2v) is 7.23. The summed E-state index contributed by atoms with van der Waals surface area (Å²) in [6, 6.07) is 22.0. The fourth-order valence-corrected chi connectivity index (χ4v) is 3.83. The van der Waals surface area contributed by atoms with Gasteiger partial charge in [-0.2, -0.15) is 0 Å². The Kier molecular flexibility index (Phi) is 4.58. The monoisotopic (exact) mass is 424 g/mol. The molecular weight excluding hydrogens is 407 g/mol. The average molecular weight is 425 g/mol. The predicted octanol–water partition coefficient (Wildman–Crippen LogP) is 5.24. The van der Waals surface area contributed by atoms with E-state index in [4.69, 9.17) is 0 Å². The van der Waals surface area contributed by atoms with Crippen molar-refractivity contribution in [2.45, 2.75) is 19.1 Å². The molecule has 1 aromatic heterocycles. The molecule has 4 rings (SSSR count). The first kappa shape index (κ1) is 17.9. The standard InChI is InChI=1S/C22H18BrFN2O/c1-2-26-20-13-17(23)18(24)14-19(20)25-21(26)22(27,15-9-5-3-6-10-15)16-11-7-4-8-12-16/h3-14,27H,2H2,1H3. The Morgan fingerprint density at radius 1 is 1.00 bits per heavy atom. The van der Waals surface area contributed by atoms with Crippen molar-refractivity contribution >= 4 is 27.0 Å². The van der Waals surface area contributed by atoms with Crippen molar-refractivity contribution in [3.8, 4) is 0 Å². The van der Waals surface area contributed by atoms with Crippen LogP contribution >= 0.6 is 15.9 Å². The van der Waals surface area contributed by atoms with Crippen LogP contribution in [0.1, 0.15) is 23.9 Å². The molecule has 136 valence electrons. The van der Waals surface area contributed by atoms with Gasteiger partial charge in [-0.1, -0.05) is 60.7 Å². The van der Waals surface area contributed by atoms with Gasteiger partial charge in [-0.25, -0.2) is 9.37 Å². The van der Waals surface area contributed by atoms with Gasteiger partial charge >= 0.3 is 0 Å². The van der Waals surface area contributed by atoms with Crippen LogP contribution in [0.15, 0.2) is 77.3 Å². The number of nitrogens with zero attached hydrogens (tertiary/aromatic N) is 2. The minimum atomic E-state index is -1.46. The van der Waals surface area contributed by atoms with Gasteiger partial charge in [0.1, 0.15) is 5.82 Å². The topological polar surface area (TPSA) is 38.0 Å². The van der Waals surface area contributed by atoms with Gasteiger partial charge < -0.3 is 9.67 Å². The fourth-order valence-electron chi connectivity index (χ4n) is 3.50. The van der Waals surface area contributed by atoms with Crippen LogP contribution in [0.3, 0.4) is 0 Å². The molecule has 1 N–H and O–H groups in total. The summed E-state index contributed by atoms with van der Waals surface area (Å²) in [5.41, 5.74) is 1.24. The summed E-state index contributed by atoms with van der Waals surface area (Å²) in [5, 5.41) is 12.0. The lowest BCUT2D eigenvalue weighted by Crippen LogP contribution is -2.32. The average Bonchev–Trinajstić information content (AvgIpc) is 3.06. The van der Waals surface area contributed by atoms with Crippen molar-refractivity contribution in [1.29, 1.82) is 0 Å². The highest BCUT2D eigenvalue weighted by atomic mass is 79.9. The number of hydrogen-bond donors (Lipinski definition) is 1. The fraction of sp³-hybridized carbons (Fsp3) is 0.136. The van der Waals surface area contributed by atoms with Crippen molar-refractivity contribution in [2.75, 3.05) is 0 Å². The van der Waals surface area contributed by atoms with Crippen LogP contribution in [-0.2, 0) is 12.1 Å².